The lowest BCUT2D eigenvalue weighted by atomic mass is 10.5. The fourth-order valence-corrected chi connectivity index (χ4v) is 1.91. The summed E-state index contributed by atoms with van der Waals surface area (Å²) < 4.78 is 45.3. The van der Waals surface area contributed by atoms with Crippen molar-refractivity contribution in [2.45, 2.75) is 11.2 Å². The molecule has 19 heavy (non-hydrogen) atoms. The van der Waals surface area contributed by atoms with Crippen LogP contribution in [0.3, 0.4) is 0 Å². The summed E-state index contributed by atoms with van der Waals surface area (Å²) in [4.78, 5) is 0. The summed E-state index contributed by atoms with van der Waals surface area (Å²) in [6, 6.07) is 5.07. The van der Waals surface area contributed by atoms with Gasteiger partial charge in [-0.25, -0.2) is 0 Å². The van der Waals surface area contributed by atoms with E-state index in [-0.39, 0.29) is 13.2 Å². The number of ether oxygens (including phenoxy) is 2. The Morgan fingerprint density at radius 2 is 1.89 bits per heavy atom. The minimum Gasteiger partial charge on any atom is -0.618 e. The number of hydrogen-bond donors (Lipinski definition) is 0. The summed E-state index contributed by atoms with van der Waals surface area (Å²) in [5.74, 6) is 0.547. The van der Waals surface area contributed by atoms with Crippen molar-refractivity contribution in [3.8, 4) is 0 Å². The van der Waals surface area contributed by atoms with Gasteiger partial charge in [0.2, 0.25) is 0 Å². The van der Waals surface area contributed by atoms with Crippen molar-refractivity contribution in [1.82, 2.24) is 0 Å². The molecule has 1 rings (SSSR count). The van der Waals surface area contributed by atoms with Gasteiger partial charge in [0, 0.05) is 17.9 Å². The lowest BCUT2D eigenvalue weighted by Gasteiger charge is -2.08. The lowest BCUT2D eigenvalue weighted by molar-refractivity contribution is -0.645. The second kappa shape index (κ2) is 8.23. The highest BCUT2D eigenvalue weighted by molar-refractivity contribution is 7.99. The monoisotopic (exact) mass is 297 g/mol. The molecule has 0 unspecified atom stereocenters. The van der Waals surface area contributed by atoms with Crippen LogP contribution in [0.5, 0.6) is 0 Å². The fourth-order valence-electron chi connectivity index (χ4n) is 1.14. The van der Waals surface area contributed by atoms with Gasteiger partial charge in [-0.2, -0.15) is 17.9 Å². The standard InChI is InChI=1S/C11H14F3NO3S/c12-11(13,14)9-18-6-5-17-7-8-19-10-3-1-2-4-15(10)16/h1-4H,5-9H2. The zero-order valence-corrected chi connectivity index (χ0v) is 10.9. The SMILES string of the molecule is [O-][n+]1ccccc1SCCOCCOCC(F)(F)F. The van der Waals surface area contributed by atoms with E-state index in [1.807, 2.05) is 0 Å². The second-order valence-electron chi connectivity index (χ2n) is 3.49. The summed E-state index contributed by atoms with van der Waals surface area (Å²) in [6.45, 7) is -0.917. The molecule has 108 valence electrons. The summed E-state index contributed by atoms with van der Waals surface area (Å²) in [7, 11) is 0. The van der Waals surface area contributed by atoms with Crippen LogP contribution in [-0.4, -0.2) is 38.4 Å². The van der Waals surface area contributed by atoms with E-state index in [0.717, 1.165) is 4.73 Å². The largest absolute Gasteiger partial charge is 0.618 e. The highest BCUT2D eigenvalue weighted by Gasteiger charge is 2.27. The maximum Gasteiger partial charge on any atom is 0.411 e. The third-order valence-electron chi connectivity index (χ3n) is 1.90. The summed E-state index contributed by atoms with van der Waals surface area (Å²) in [5, 5.41) is 11.8. The minimum atomic E-state index is -4.30. The van der Waals surface area contributed by atoms with Crippen molar-refractivity contribution >= 4 is 11.8 Å². The first kappa shape index (κ1) is 16.1. The Morgan fingerprint density at radius 1 is 1.16 bits per heavy atom. The highest BCUT2D eigenvalue weighted by atomic mass is 32.2. The Bertz CT molecular complexity index is 376. The normalized spacial score (nSPS) is 11.7. The van der Waals surface area contributed by atoms with Crippen LogP contribution in [0.2, 0.25) is 0 Å². The molecule has 0 bridgehead atoms. The molecule has 0 spiro atoms. The van der Waals surface area contributed by atoms with Gasteiger partial charge in [0.25, 0.3) is 5.03 Å². The Kier molecular flexibility index (Phi) is 6.96. The molecule has 0 aliphatic rings. The zero-order chi connectivity index (χ0) is 14.1. The number of hydrogen-bond acceptors (Lipinski definition) is 4. The molecular formula is C11H14F3NO3S. The van der Waals surface area contributed by atoms with Crippen molar-refractivity contribution in [1.29, 1.82) is 0 Å². The van der Waals surface area contributed by atoms with E-state index in [1.165, 1.54) is 18.0 Å². The van der Waals surface area contributed by atoms with Crippen molar-refractivity contribution in [2.75, 3.05) is 32.2 Å². The molecule has 0 aromatic carbocycles. The van der Waals surface area contributed by atoms with Crippen LogP contribution in [0.15, 0.2) is 29.4 Å². The third-order valence-corrected chi connectivity index (χ3v) is 2.89. The van der Waals surface area contributed by atoms with Crippen molar-refractivity contribution < 1.29 is 27.4 Å². The Labute approximate surface area is 113 Å². The van der Waals surface area contributed by atoms with Gasteiger partial charge in [-0.05, 0) is 6.07 Å². The minimum absolute atomic E-state index is 0.100. The molecule has 0 amide bonds. The first-order valence-electron chi connectivity index (χ1n) is 5.52. The van der Waals surface area contributed by atoms with Crippen molar-refractivity contribution in [3.63, 3.8) is 0 Å². The molecular weight excluding hydrogens is 283 g/mol. The molecule has 0 fully saturated rings. The van der Waals surface area contributed by atoms with Gasteiger partial charge in [-0.3, -0.25) is 0 Å². The van der Waals surface area contributed by atoms with Crippen molar-refractivity contribution in [3.05, 3.63) is 29.6 Å². The van der Waals surface area contributed by atoms with Crippen LogP contribution >= 0.6 is 11.8 Å². The molecule has 1 aromatic heterocycles. The molecule has 1 heterocycles. The highest BCUT2D eigenvalue weighted by Crippen LogP contribution is 2.14. The van der Waals surface area contributed by atoms with Gasteiger partial charge >= 0.3 is 6.18 Å². The molecule has 0 N–H and O–H groups in total. The van der Waals surface area contributed by atoms with Crippen LogP contribution in [-0.2, 0) is 9.47 Å². The topological polar surface area (TPSA) is 45.4 Å². The van der Waals surface area contributed by atoms with Gasteiger partial charge in [0.15, 0.2) is 6.20 Å². The quantitative estimate of drug-likeness (QED) is 0.319. The Balaban J connectivity index is 1.99. The summed E-state index contributed by atoms with van der Waals surface area (Å²) >= 11 is 1.32. The van der Waals surface area contributed by atoms with E-state index >= 15 is 0 Å². The van der Waals surface area contributed by atoms with Crippen LogP contribution in [0.25, 0.3) is 0 Å². The predicted octanol–water partition coefficient (Wildman–Crippen LogP) is 2.01. The van der Waals surface area contributed by atoms with Crippen LogP contribution < -0.4 is 4.73 Å². The molecule has 0 aliphatic heterocycles. The number of thioether (sulfide) groups is 1. The van der Waals surface area contributed by atoms with Crippen LogP contribution in [0.4, 0.5) is 13.2 Å². The fraction of sp³-hybridized carbons (Fsp3) is 0.545. The van der Waals surface area contributed by atoms with Gasteiger partial charge < -0.3 is 14.7 Å². The molecule has 0 saturated carbocycles. The zero-order valence-electron chi connectivity index (χ0n) is 10.1. The molecule has 4 nitrogen and oxygen atoms in total. The van der Waals surface area contributed by atoms with Gasteiger partial charge in [0.1, 0.15) is 6.61 Å². The Morgan fingerprint density at radius 3 is 2.58 bits per heavy atom. The molecule has 0 atom stereocenters. The molecule has 0 aliphatic carbocycles. The van der Waals surface area contributed by atoms with Crippen LogP contribution in [0, 0.1) is 5.21 Å². The van der Waals surface area contributed by atoms with Gasteiger partial charge in [0.05, 0.1) is 19.8 Å². The maximum atomic E-state index is 11.7. The van der Waals surface area contributed by atoms with Gasteiger partial charge in [-0.1, -0.05) is 11.8 Å². The summed E-state index contributed by atoms with van der Waals surface area (Å²) in [6.07, 6.45) is -2.90. The number of alkyl halides is 3. The third kappa shape index (κ3) is 7.91. The number of halogens is 3. The number of nitrogens with zero attached hydrogens (tertiary/aromatic N) is 1. The molecule has 0 radical (unpaired) electrons. The predicted molar refractivity (Wildman–Crippen MR) is 63.8 cm³/mol. The number of pyridine rings is 1. The first-order chi connectivity index (χ1) is 8.99. The molecule has 8 heteroatoms. The van der Waals surface area contributed by atoms with E-state index in [1.54, 1.807) is 18.2 Å². The van der Waals surface area contributed by atoms with Crippen molar-refractivity contribution in [2.24, 2.45) is 0 Å². The molecule has 1 aromatic rings. The van der Waals surface area contributed by atoms with E-state index in [0.29, 0.717) is 17.4 Å². The van der Waals surface area contributed by atoms with Gasteiger partial charge in [-0.15, -0.1) is 0 Å². The lowest BCUT2D eigenvalue weighted by Crippen LogP contribution is -2.27. The first-order valence-corrected chi connectivity index (χ1v) is 6.51. The van der Waals surface area contributed by atoms with E-state index < -0.39 is 12.8 Å². The summed E-state index contributed by atoms with van der Waals surface area (Å²) in [5.41, 5.74) is 0. The van der Waals surface area contributed by atoms with E-state index in [2.05, 4.69) is 4.74 Å². The van der Waals surface area contributed by atoms with E-state index in [4.69, 9.17) is 4.74 Å². The number of aromatic nitrogens is 1. The number of rotatable bonds is 8. The van der Waals surface area contributed by atoms with Crippen LogP contribution in [0.1, 0.15) is 0 Å². The average molecular weight is 297 g/mol. The maximum absolute atomic E-state index is 11.7. The second-order valence-corrected chi connectivity index (χ2v) is 4.61. The smallest absolute Gasteiger partial charge is 0.411 e. The average Bonchev–Trinajstić information content (AvgIpc) is 2.33. The van der Waals surface area contributed by atoms with E-state index in [9.17, 15) is 18.4 Å². The molecule has 0 saturated heterocycles. The Hall–Kier alpha value is -0.990.